The third kappa shape index (κ3) is 4.83. The zero-order chi connectivity index (χ0) is 33.6. The van der Waals surface area contributed by atoms with Crippen LogP contribution in [0.1, 0.15) is 6.92 Å². The molecule has 0 spiro atoms. The molecule has 0 N–H and O–H groups in total. The van der Waals surface area contributed by atoms with Crippen molar-refractivity contribution < 1.29 is 0 Å². The average molecular weight is 640 g/mol. The van der Waals surface area contributed by atoms with Gasteiger partial charge in [-0.15, -0.1) is 6.58 Å². The second kappa shape index (κ2) is 12.1. The van der Waals surface area contributed by atoms with Crippen LogP contribution >= 0.6 is 0 Å². The molecule has 1 aliphatic rings. The number of rotatable bonds is 4. The van der Waals surface area contributed by atoms with E-state index >= 15 is 0 Å². The molecule has 3 heteroatoms. The molecule has 0 radical (unpaired) electrons. The normalized spacial score (nSPS) is 11.4. The van der Waals surface area contributed by atoms with E-state index in [1.165, 1.54) is 71.6 Å². The minimum Gasteiger partial charge on any atom is -0.309 e. The van der Waals surface area contributed by atoms with Gasteiger partial charge in [-0.1, -0.05) is 133 Å². The van der Waals surface area contributed by atoms with Crippen molar-refractivity contribution in [3.05, 3.63) is 177 Å². The van der Waals surface area contributed by atoms with Gasteiger partial charge >= 0.3 is 0 Å². The number of hydrogen-bond acceptors (Lipinski definition) is 2. The van der Waals surface area contributed by atoms with Crippen LogP contribution in [0.2, 0.25) is 0 Å². The maximum Gasteiger partial charge on any atom is 0.159 e. The van der Waals surface area contributed by atoms with Gasteiger partial charge in [0.1, 0.15) is 0 Å². The van der Waals surface area contributed by atoms with Gasteiger partial charge < -0.3 is 4.57 Å². The molecule has 0 fully saturated rings. The van der Waals surface area contributed by atoms with E-state index in [0.29, 0.717) is 0 Å². The average Bonchev–Trinajstić information content (AvgIpc) is 3.69. The summed E-state index contributed by atoms with van der Waals surface area (Å²) in [7, 11) is 0. The quantitative estimate of drug-likeness (QED) is 0.179. The van der Waals surface area contributed by atoms with Crippen molar-refractivity contribution in [2.75, 3.05) is 0 Å². The summed E-state index contributed by atoms with van der Waals surface area (Å²) in [6, 6.07) is 56.5. The van der Waals surface area contributed by atoms with Gasteiger partial charge in [0.2, 0.25) is 0 Å². The Morgan fingerprint density at radius 2 is 1.10 bits per heavy atom. The molecule has 9 aromatic rings. The van der Waals surface area contributed by atoms with Crippen molar-refractivity contribution >= 4 is 32.6 Å². The first-order chi connectivity index (χ1) is 24.7. The largest absolute Gasteiger partial charge is 0.309 e. The molecule has 0 atom stereocenters. The highest BCUT2D eigenvalue weighted by molar-refractivity contribution is 6.14. The lowest BCUT2D eigenvalue weighted by molar-refractivity contribution is 1.18. The number of nitrogens with zero attached hydrogens (tertiary/aromatic N) is 3. The number of para-hydroxylation sites is 2. The first-order valence-electron chi connectivity index (χ1n) is 17.0. The summed E-state index contributed by atoms with van der Waals surface area (Å²) in [5, 5.41) is 5.04. The summed E-state index contributed by atoms with van der Waals surface area (Å²) in [6.45, 7) is 5.25. The van der Waals surface area contributed by atoms with Crippen molar-refractivity contribution in [3.8, 4) is 61.7 Å². The van der Waals surface area contributed by atoms with E-state index in [-0.39, 0.29) is 0 Å². The van der Waals surface area contributed by atoms with Gasteiger partial charge in [-0.25, -0.2) is 9.97 Å². The third-order valence-electron chi connectivity index (χ3n) is 9.62. The van der Waals surface area contributed by atoms with Crippen LogP contribution in [0, 0.1) is 0 Å². The van der Waals surface area contributed by atoms with Crippen LogP contribution in [0.15, 0.2) is 177 Å². The van der Waals surface area contributed by atoms with Crippen LogP contribution in [0.25, 0.3) is 94.3 Å². The van der Waals surface area contributed by atoms with E-state index in [4.69, 9.17) is 9.97 Å². The van der Waals surface area contributed by atoms with Crippen molar-refractivity contribution in [1.29, 1.82) is 0 Å². The topological polar surface area (TPSA) is 30.7 Å². The van der Waals surface area contributed by atoms with Crippen LogP contribution < -0.4 is 0 Å². The molecule has 0 aliphatic heterocycles. The zero-order valence-electron chi connectivity index (χ0n) is 27.7. The molecule has 3 nitrogen and oxygen atoms in total. The van der Waals surface area contributed by atoms with Gasteiger partial charge in [-0.05, 0) is 75.8 Å². The molecule has 0 amide bonds. The molecule has 0 saturated carbocycles. The van der Waals surface area contributed by atoms with E-state index in [2.05, 4.69) is 169 Å². The fraction of sp³-hybridized carbons (Fsp3) is 0.0213. The summed E-state index contributed by atoms with van der Waals surface area (Å²) >= 11 is 0. The van der Waals surface area contributed by atoms with Crippen LogP contribution in [-0.2, 0) is 0 Å². The molecule has 2 aromatic heterocycles. The standard InChI is InChI=1S/C44H27N3.C3H6/c1-2-10-34(11-3-1)47-40-15-5-4-12-35(40)38-26-33(24-25-41(38)47)30-18-16-28(17-19-30)29-20-22-32(23-21-29)44-45-27-39-36-13-6-8-31-9-7-14-37(42(31)36)43(39)46-44;1-3-2/h1-27H;3H,1H2,2H3. The molecule has 50 heavy (non-hydrogen) atoms. The van der Waals surface area contributed by atoms with Crippen LogP contribution in [0.5, 0.6) is 0 Å². The number of fused-ring (bicyclic) bond motifs is 6. The number of hydrogen-bond donors (Lipinski definition) is 0. The van der Waals surface area contributed by atoms with Gasteiger partial charge in [-0.2, -0.15) is 0 Å². The van der Waals surface area contributed by atoms with Gasteiger partial charge in [0.05, 0.1) is 16.7 Å². The lowest BCUT2D eigenvalue weighted by atomic mass is 9.98. The van der Waals surface area contributed by atoms with E-state index in [1.807, 2.05) is 13.1 Å². The maximum absolute atomic E-state index is 5.06. The highest BCUT2D eigenvalue weighted by Gasteiger charge is 2.23. The Kier molecular flexibility index (Phi) is 7.18. The van der Waals surface area contributed by atoms with Crippen LogP contribution in [0.4, 0.5) is 0 Å². The Labute approximate surface area is 291 Å². The Hall–Kier alpha value is -6.58. The summed E-state index contributed by atoms with van der Waals surface area (Å²) < 4.78 is 2.36. The summed E-state index contributed by atoms with van der Waals surface area (Å²) in [4.78, 5) is 9.84. The Balaban J connectivity index is 0.00000109. The Morgan fingerprint density at radius 3 is 1.82 bits per heavy atom. The summed E-state index contributed by atoms with van der Waals surface area (Å²) in [5.74, 6) is 0.750. The van der Waals surface area contributed by atoms with Gasteiger partial charge in [-0.3, -0.25) is 0 Å². The third-order valence-corrected chi connectivity index (χ3v) is 9.62. The lowest BCUT2D eigenvalue weighted by Gasteiger charge is -2.09. The molecule has 236 valence electrons. The van der Waals surface area contributed by atoms with Gasteiger partial charge in [0.25, 0.3) is 0 Å². The predicted molar refractivity (Wildman–Crippen MR) is 210 cm³/mol. The lowest BCUT2D eigenvalue weighted by Crippen LogP contribution is -1.92. The molecule has 1 aliphatic carbocycles. The molecular formula is C47H33N3. The highest BCUT2D eigenvalue weighted by atomic mass is 15.0. The van der Waals surface area contributed by atoms with E-state index in [0.717, 1.165) is 22.6 Å². The van der Waals surface area contributed by atoms with E-state index in [9.17, 15) is 0 Å². The summed E-state index contributed by atoms with van der Waals surface area (Å²) in [6.07, 6.45) is 3.73. The predicted octanol–water partition coefficient (Wildman–Crippen LogP) is 12.6. The SMILES string of the molecule is C=CC.c1ccc(-n2c3ccccc3c3cc(-c4ccc(-c5ccc(-c6ncc7c(n6)-c6cccc8cccc-7c68)cc5)cc4)ccc32)cc1. The number of allylic oxidation sites excluding steroid dienone is 1. The fourth-order valence-corrected chi connectivity index (χ4v) is 7.36. The van der Waals surface area contributed by atoms with Gasteiger partial charge in [0.15, 0.2) is 5.82 Å². The van der Waals surface area contributed by atoms with Crippen LogP contribution in [0.3, 0.4) is 0 Å². The van der Waals surface area contributed by atoms with Crippen molar-refractivity contribution in [2.24, 2.45) is 0 Å². The monoisotopic (exact) mass is 639 g/mol. The number of benzene rings is 7. The maximum atomic E-state index is 5.06. The second-order valence-electron chi connectivity index (χ2n) is 12.6. The first-order valence-corrected chi connectivity index (χ1v) is 17.0. The van der Waals surface area contributed by atoms with E-state index < -0.39 is 0 Å². The molecule has 10 rings (SSSR count). The molecule has 7 aromatic carbocycles. The molecular weight excluding hydrogens is 607 g/mol. The minimum atomic E-state index is 0.750. The first kappa shape index (κ1) is 29.6. The van der Waals surface area contributed by atoms with Crippen LogP contribution in [-0.4, -0.2) is 14.5 Å². The van der Waals surface area contributed by atoms with Crippen molar-refractivity contribution in [1.82, 2.24) is 14.5 Å². The van der Waals surface area contributed by atoms with E-state index in [1.54, 1.807) is 6.08 Å². The molecule has 0 bridgehead atoms. The smallest absolute Gasteiger partial charge is 0.159 e. The minimum absolute atomic E-state index is 0.750. The Bertz CT molecular complexity index is 2700. The Morgan fingerprint density at radius 1 is 0.520 bits per heavy atom. The van der Waals surface area contributed by atoms with Crippen molar-refractivity contribution in [2.45, 2.75) is 6.92 Å². The molecule has 0 saturated heterocycles. The highest BCUT2D eigenvalue weighted by Crippen LogP contribution is 2.46. The zero-order valence-corrected chi connectivity index (χ0v) is 27.7. The summed E-state index contributed by atoms with van der Waals surface area (Å²) in [5.41, 5.74) is 13.9. The fourth-order valence-electron chi connectivity index (χ4n) is 7.36. The number of aromatic nitrogens is 3. The molecule has 0 unspecified atom stereocenters. The molecule has 2 heterocycles. The second-order valence-corrected chi connectivity index (χ2v) is 12.6. The van der Waals surface area contributed by atoms with Crippen molar-refractivity contribution in [3.63, 3.8) is 0 Å². The van der Waals surface area contributed by atoms with Gasteiger partial charge in [0, 0.05) is 39.3 Å².